The lowest BCUT2D eigenvalue weighted by Gasteiger charge is -2.13. The van der Waals surface area contributed by atoms with Crippen molar-refractivity contribution in [2.45, 2.75) is 17.7 Å². The van der Waals surface area contributed by atoms with Crippen molar-refractivity contribution in [3.8, 4) is 11.6 Å². The Balaban J connectivity index is 1.71. The van der Waals surface area contributed by atoms with Gasteiger partial charge in [-0.3, -0.25) is 9.78 Å². The Morgan fingerprint density at radius 3 is 2.77 bits per heavy atom. The standard InChI is InChI=1S/C15H13Cl2N3O2/c1-14(9-15(14,16)17)13(21)20-10-3-2-4-11(7-10)22-12-8-18-5-6-19-12/h2-8H,9H2,1H3,(H,20,21). The quantitative estimate of drug-likeness (QED) is 0.862. The van der Waals surface area contributed by atoms with Gasteiger partial charge in [0.05, 0.1) is 11.6 Å². The molecular formula is C15H13Cl2N3O2. The van der Waals surface area contributed by atoms with Gasteiger partial charge in [0.25, 0.3) is 0 Å². The number of nitrogens with zero attached hydrogens (tertiary/aromatic N) is 2. The number of anilines is 1. The van der Waals surface area contributed by atoms with Gasteiger partial charge in [0.2, 0.25) is 11.8 Å². The van der Waals surface area contributed by atoms with Gasteiger partial charge in [0.1, 0.15) is 10.1 Å². The largest absolute Gasteiger partial charge is 0.437 e. The predicted molar refractivity (Wildman–Crippen MR) is 84.3 cm³/mol. The number of halogens is 2. The zero-order chi connectivity index (χ0) is 15.8. The van der Waals surface area contributed by atoms with Gasteiger partial charge in [-0.1, -0.05) is 6.07 Å². The van der Waals surface area contributed by atoms with Crippen LogP contribution in [0.1, 0.15) is 13.3 Å². The number of nitrogens with one attached hydrogen (secondary N) is 1. The summed E-state index contributed by atoms with van der Waals surface area (Å²) in [5.41, 5.74) is -0.165. The molecule has 114 valence electrons. The molecule has 1 heterocycles. The lowest BCUT2D eigenvalue weighted by Crippen LogP contribution is -2.25. The van der Waals surface area contributed by atoms with Crippen LogP contribution in [-0.4, -0.2) is 20.2 Å². The first kappa shape index (κ1) is 15.1. The predicted octanol–water partition coefficient (Wildman–Crippen LogP) is 3.79. The number of rotatable bonds is 4. The molecule has 3 rings (SSSR count). The van der Waals surface area contributed by atoms with E-state index in [1.54, 1.807) is 37.4 Å². The molecule has 1 unspecified atom stereocenters. The molecule has 1 N–H and O–H groups in total. The normalized spacial score (nSPS) is 22.0. The zero-order valence-corrected chi connectivity index (χ0v) is 13.2. The maximum Gasteiger partial charge on any atom is 0.237 e. The Hall–Kier alpha value is -1.85. The summed E-state index contributed by atoms with van der Waals surface area (Å²) in [5.74, 6) is 0.706. The van der Waals surface area contributed by atoms with Crippen molar-refractivity contribution in [3.05, 3.63) is 42.9 Å². The first-order valence-electron chi connectivity index (χ1n) is 6.64. The molecule has 0 spiro atoms. The van der Waals surface area contributed by atoms with Crippen LogP contribution in [0.3, 0.4) is 0 Å². The smallest absolute Gasteiger partial charge is 0.237 e. The first-order valence-corrected chi connectivity index (χ1v) is 7.39. The summed E-state index contributed by atoms with van der Waals surface area (Å²) in [5, 5.41) is 2.80. The van der Waals surface area contributed by atoms with Crippen molar-refractivity contribution < 1.29 is 9.53 Å². The molecular weight excluding hydrogens is 325 g/mol. The van der Waals surface area contributed by atoms with Gasteiger partial charge in [-0.15, -0.1) is 23.2 Å². The van der Waals surface area contributed by atoms with E-state index >= 15 is 0 Å². The highest BCUT2D eigenvalue weighted by Crippen LogP contribution is 2.64. The minimum Gasteiger partial charge on any atom is -0.437 e. The molecule has 1 fully saturated rings. The fourth-order valence-electron chi connectivity index (χ4n) is 2.01. The van der Waals surface area contributed by atoms with Crippen molar-refractivity contribution in [3.63, 3.8) is 0 Å². The lowest BCUT2D eigenvalue weighted by molar-refractivity contribution is -0.120. The van der Waals surface area contributed by atoms with Gasteiger partial charge < -0.3 is 10.1 Å². The third-order valence-corrected chi connectivity index (χ3v) is 4.71. The van der Waals surface area contributed by atoms with Crippen LogP contribution in [0.2, 0.25) is 0 Å². The molecule has 5 nitrogen and oxygen atoms in total. The Labute approximate surface area is 137 Å². The van der Waals surface area contributed by atoms with Crippen LogP contribution in [0.15, 0.2) is 42.9 Å². The average Bonchev–Trinajstić information content (AvgIpc) is 3.00. The van der Waals surface area contributed by atoms with E-state index in [1.807, 2.05) is 0 Å². The SMILES string of the molecule is CC1(C(=O)Nc2cccc(Oc3cnccn3)c2)CC1(Cl)Cl. The van der Waals surface area contributed by atoms with E-state index in [4.69, 9.17) is 27.9 Å². The number of benzene rings is 1. The maximum atomic E-state index is 12.2. The molecule has 1 aromatic carbocycles. The third kappa shape index (κ3) is 2.87. The van der Waals surface area contributed by atoms with Crippen LogP contribution in [0.4, 0.5) is 5.69 Å². The Morgan fingerprint density at radius 1 is 1.36 bits per heavy atom. The van der Waals surface area contributed by atoms with Crippen LogP contribution in [-0.2, 0) is 4.79 Å². The highest BCUT2D eigenvalue weighted by molar-refractivity contribution is 6.53. The fourth-order valence-corrected chi connectivity index (χ4v) is 2.72. The summed E-state index contributed by atoms with van der Waals surface area (Å²) < 4.78 is 4.57. The van der Waals surface area contributed by atoms with Crippen molar-refractivity contribution in [1.82, 2.24) is 9.97 Å². The molecule has 1 aliphatic carbocycles. The Morgan fingerprint density at radius 2 is 2.14 bits per heavy atom. The second-order valence-corrected chi connectivity index (χ2v) is 6.82. The molecule has 1 atom stereocenters. The summed E-state index contributed by atoms with van der Waals surface area (Å²) in [6, 6.07) is 6.99. The minimum atomic E-state index is -0.995. The van der Waals surface area contributed by atoms with Crippen LogP contribution in [0, 0.1) is 5.41 Å². The molecule has 0 bridgehead atoms. The molecule has 2 aromatic rings. The van der Waals surface area contributed by atoms with Crippen LogP contribution < -0.4 is 10.1 Å². The number of hydrogen-bond donors (Lipinski definition) is 1. The second-order valence-electron chi connectivity index (χ2n) is 5.34. The van der Waals surface area contributed by atoms with Gasteiger partial charge in [-0.05, 0) is 25.5 Å². The highest BCUT2D eigenvalue weighted by atomic mass is 35.5. The second kappa shape index (κ2) is 5.41. The minimum absolute atomic E-state index is 0.214. The lowest BCUT2D eigenvalue weighted by atomic mass is 10.1. The highest BCUT2D eigenvalue weighted by Gasteiger charge is 2.67. The molecule has 0 radical (unpaired) electrons. The number of carbonyl (C=O) groups is 1. The number of alkyl halides is 2. The van der Waals surface area contributed by atoms with Gasteiger partial charge in [-0.25, -0.2) is 4.98 Å². The van der Waals surface area contributed by atoms with E-state index in [0.29, 0.717) is 23.7 Å². The van der Waals surface area contributed by atoms with Crippen LogP contribution >= 0.6 is 23.2 Å². The Bertz CT molecular complexity index is 709. The molecule has 22 heavy (non-hydrogen) atoms. The average molecular weight is 338 g/mol. The maximum absolute atomic E-state index is 12.2. The van der Waals surface area contributed by atoms with Crippen LogP contribution in [0.5, 0.6) is 11.6 Å². The summed E-state index contributed by atoms with van der Waals surface area (Å²) in [4.78, 5) is 20.2. The van der Waals surface area contributed by atoms with E-state index in [1.165, 1.54) is 12.4 Å². The van der Waals surface area contributed by atoms with Gasteiger partial charge in [-0.2, -0.15) is 0 Å². The van der Waals surface area contributed by atoms with Gasteiger partial charge in [0.15, 0.2) is 0 Å². The van der Waals surface area contributed by atoms with Gasteiger partial charge >= 0.3 is 0 Å². The number of aromatic nitrogens is 2. The summed E-state index contributed by atoms with van der Waals surface area (Å²) in [6.07, 6.45) is 5.04. The van der Waals surface area contributed by atoms with E-state index in [2.05, 4.69) is 15.3 Å². The van der Waals surface area contributed by atoms with E-state index in [0.717, 1.165) is 0 Å². The fraction of sp³-hybridized carbons (Fsp3) is 0.267. The molecule has 7 heteroatoms. The number of ether oxygens (including phenoxy) is 1. The van der Waals surface area contributed by atoms with Crippen molar-refractivity contribution >= 4 is 34.8 Å². The van der Waals surface area contributed by atoms with Crippen molar-refractivity contribution in [1.29, 1.82) is 0 Å². The molecule has 0 saturated heterocycles. The number of amides is 1. The zero-order valence-electron chi connectivity index (χ0n) is 11.7. The number of hydrogen-bond acceptors (Lipinski definition) is 4. The van der Waals surface area contributed by atoms with Gasteiger partial charge in [0, 0.05) is 24.1 Å². The third-order valence-electron chi connectivity index (χ3n) is 3.61. The Kier molecular flexibility index (Phi) is 3.70. The summed E-state index contributed by atoms with van der Waals surface area (Å²) in [6.45, 7) is 1.74. The van der Waals surface area contributed by atoms with E-state index in [9.17, 15) is 4.79 Å². The topological polar surface area (TPSA) is 64.1 Å². The van der Waals surface area contributed by atoms with E-state index < -0.39 is 9.75 Å². The summed E-state index contributed by atoms with van der Waals surface area (Å²) in [7, 11) is 0. The number of carbonyl (C=O) groups excluding carboxylic acids is 1. The van der Waals surface area contributed by atoms with Crippen LogP contribution in [0.25, 0.3) is 0 Å². The van der Waals surface area contributed by atoms with Crippen molar-refractivity contribution in [2.24, 2.45) is 5.41 Å². The molecule has 1 aromatic heterocycles. The summed E-state index contributed by atoms with van der Waals surface area (Å²) >= 11 is 12.0. The molecule has 1 aliphatic rings. The van der Waals surface area contributed by atoms with E-state index in [-0.39, 0.29) is 5.91 Å². The molecule has 1 saturated carbocycles. The monoisotopic (exact) mass is 337 g/mol. The first-order chi connectivity index (χ1) is 10.4. The molecule has 1 amide bonds. The van der Waals surface area contributed by atoms with Crippen molar-refractivity contribution in [2.75, 3.05) is 5.32 Å². The molecule has 0 aliphatic heterocycles.